The molecule has 2 heterocycles. The van der Waals surface area contributed by atoms with Crippen molar-refractivity contribution < 1.29 is 62.1 Å². The highest BCUT2D eigenvalue weighted by atomic mass is 19.1. The Kier molecular flexibility index (Phi) is 24.5. The van der Waals surface area contributed by atoms with Gasteiger partial charge in [-0.05, 0) is 80.4 Å². The molecule has 5 atom stereocenters. The van der Waals surface area contributed by atoms with Gasteiger partial charge < -0.3 is 53.2 Å². The molecule has 426 valence electrons. The van der Waals surface area contributed by atoms with Crippen molar-refractivity contribution >= 4 is 53.4 Å². The van der Waals surface area contributed by atoms with Crippen molar-refractivity contribution in [2.45, 2.75) is 135 Å². The number of aromatic nitrogens is 2. The van der Waals surface area contributed by atoms with Crippen LogP contribution in [0.5, 0.6) is 0 Å². The number of carboxylic acids is 1. The van der Waals surface area contributed by atoms with Crippen LogP contribution >= 0.6 is 0 Å². The average Bonchev–Trinajstić information content (AvgIpc) is 3.95. The molecule has 4 rings (SSSR count). The molecule has 0 unspecified atom stereocenters. The van der Waals surface area contributed by atoms with E-state index >= 15 is 4.39 Å². The van der Waals surface area contributed by atoms with Crippen molar-refractivity contribution in [2.75, 3.05) is 32.8 Å². The summed E-state index contributed by atoms with van der Waals surface area (Å²) < 4.78 is 30.8. The smallest absolute Gasteiger partial charge is 0.326 e. The Morgan fingerprint density at radius 1 is 0.782 bits per heavy atom. The van der Waals surface area contributed by atoms with Crippen molar-refractivity contribution in [3.8, 4) is 5.69 Å². The zero-order valence-electron chi connectivity index (χ0n) is 44.9. The van der Waals surface area contributed by atoms with Crippen LogP contribution in [-0.4, -0.2) is 140 Å². The Morgan fingerprint density at radius 2 is 1.44 bits per heavy atom. The Morgan fingerprint density at radius 3 is 2.06 bits per heavy atom. The fourth-order valence-electron chi connectivity index (χ4n) is 8.87. The van der Waals surface area contributed by atoms with E-state index in [4.69, 9.17) is 16.6 Å². The van der Waals surface area contributed by atoms with Crippen LogP contribution in [0, 0.1) is 23.0 Å². The van der Waals surface area contributed by atoms with Crippen molar-refractivity contribution in [1.29, 1.82) is 0 Å². The normalized spacial score (nSPS) is 14.3. The summed E-state index contributed by atoms with van der Waals surface area (Å²) in [6.45, 7) is 8.23. The van der Waals surface area contributed by atoms with E-state index in [1.165, 1.54) is 21.7 Å². The largest absolute Gasteiger partial charge is 0.480 e. The van der Waals surface area contributed by atoms with Crippen LogP contribution in [0.25, 0.3) is 5.69 Å². The van der Waals surface area contributed by atoms with Gasteiger partial charge in [0.05, 0.1) is 17.8 Å². The number of nitrogens with zero attached hydrogens (tertiary/aromatic N) is 4. The van der Waals surface area contributed by atoms with Gasteiger partial charge in [-0.3, -0.25) is 38.5 Å². The number of unbranched alkanes of at least 4 members (excludes halogenated alkanes) is 3. The average molecular weight is 1090 g/mol. The number of benzene rings is 2. The predicted octanol–water partition coefficient (Wildman–Crippen LogP) is 2.78. The minimum Gasteiger partial charge on any atom is -0.480 e. The molecule has 0 bridgehead atoms. The molecule has 0 radical (unpaired) electrons. The number of primary amides is 1. The van der Waals surface area contributed by atoms with Crippen LogP contribution in [0.2, 0.25) is 0 Å². The molecule has 24 heteroatoms. The number of hydrogen-bond donors (Lipinski definition) is 9. The van der Waals surface area contributed by atoms with E-state index in [9.17, 15) is 57.8 Å². The van der Waals surface area contributed by atoms with Crippen molar-refractivity contribution in [1.82, 2.24) is 46.2 Å². The third-order valence-electron chi connectivity index (χ3n) is 13.0. The molecule has 0 spiro atoms. The summed E-state index contributed by atoms with van der Waals surface area (Å²) in [5.74, 6) is -7.27. The molecular formula is C54H75F2N11O11. The van der Waals surface area contributed by atoms with Gasteiger partial charge >= 0.3 is 12.0 Å². The summed E-state index contributed by atoms with van der Waals surface area (Å²) in [5, 5.41) is 37.9. The first kappa shape index (κ1) is 62.9. The van der Waals surface area contributed by atoms with Crippen LogP contribution in [0.15, 0.2) is 66.9 Å². The second-order valence-corrected chi connectivity index (χ2v) is 20.6. The van der Waals surface area contributed by atoms with Crippen LogP contribution in [0.4, 0.5) is 13.6 Å². The van der Waals surface area contributed by atoms with Gasteiger partial charge in [0, 0.05) is 69.0 Å². The second kappa shape index (κ2) is 30.4. The molecule has 0 fully saturated rings. The van der Waals surface area contributed by atoms with E-state index in [-0.39, 0.29) is 76.8 Å². The highest BCUT2D eigenvalue weighted by Gasteiger charge is 2.39. The number of aliphatic carboxylic acids is 1. The van der Waals surface area contributed by atoms with Gasteiger partial charge in [0.1, 0.15) is 42.1 Å². The number of nitrogens with two attached hydrogens (primary N) is 2. The maximum Gasteiger partial charge on any atom is 0.326 e. The molecular weight excluding hydrogens is 1020 g/mol. The molecule has 1 aliphatic heterocycles. The fourth-order valence-corrected chi connectivity index (χ4v) is 8.87. The standard InChI is InChI=1S/C54H75F2N11O11/c1-33(2)46(63-42(69)19-10-7-13-27-65-43(70)22-23-44(65)71)51(75)61-39(18-14-26-60-53(58)78)50(74)62-40(52(76)77)17-11-12-25-59-49(73)38(57)24-28-66(45(72)32-68)48(54(3,4)5)47-35(29-34-15-8-6-9-16-34)31-67(64-47)41-30-36(55)20-21-37(41)56/h6,8-9,15-16,20-23,30-31,33,38-40,46,48,68H,7,10-14,17-19,24-29,32,57H2,1-5H3,(H,59,73)(H,61,75)(H,62,74)(H,63,69)(H,76,77)(H3,58,60,78)/t38-,39-,40-,46-,48-/m0/s1. The highest BCUT2D eigenvalue weighted by molar-refractivity contribution is 6.12. The lowest BCUT2D eigenvalue weighted by molar-refractivity contribution is -0.142. The number of imide groups is 1. The topological polar surface area (TPSA) is 331 Å². The van der Waals surface area contributed by atoms with Crippen LogP contribution in [0.1, 0.15) is 122 Å². The van der Waals surface area contributed by atoms with Gasteiger partial charge in [-0.1, -0.05) is 71.4 Å². The van der Waals surface area contributed by atoms with E-state index in [0.29, 0.717) is 36.9 Å². The lowest BCUT2D eigenvalue weighted by Crippen LogP contribution is -2.57. The summed E-state index contributed by atoms with van der Waals surface area (Å²) in [5.41, 5.74) is 12.4. The first-order valence-electron chi connectivity index (χ1n) is 26.1. The fraction of sp³-hybridized carbons (Fsp3) is 0.519. The number of rotatable bonds is 32. The minimum atomic E-state index is -1.42. The highest BCUT2D eigenvalue weighted by Crippen LogP contribution is 2.40. The number of aliphatic hydroxyl groups excluding tert-OH is 1. The number of hydrogen-bond acceptors (Lipinski definition) is 12. The van der Waals surface area contributed by atoms with Crippen molar-refractivity contribution in [3.63, 3.8) is 0 Å². The number of urea groups is 1. The summed E-state index contributed by atoms with van der Waals surface area (Å²) in [7, 11) is 0. The zero-order valence-corrected chi connectivity index (χ0v) is 44.9. The number of aliphatic hydroxyl groups is 1. The number of nitrogens with one attached hydrogen (secondary N) is 5. The van der Waals surface area contributed by atoms with Gasteiger partial charge in [-0.2, -0.15) is 5.10 Å². The molecule has 78 heavy (non-hydrogen) atoms. The lowest BCUT2D eigenvalue weighted by atomic mass is 9.81. The van der Waals surface area contributed by atoms with Gasteiger partial charge in [0.15, 0.2) is 0 Å². The van der Waals surface area contributed by atoms with E-state index in [1.54, 1.807) is 20.0 Å². The Bertz CT molecular complexity index is 2590. The van der Waals surface area contributed by atoms with Crippen molar-refractivity contribution in [2.24, 2.45) is 22.8 Å². The van der Waals surface area contributed by atoms with E-state index in [2.05, 4.69) is 26.6 Å². The zero-order chi connectivity index (χ0) is 57.7. The van der Waals surface area contributed by atoms with Gasteiger partial charge in [-0.25, -0.2) is 23.1 Å². The SMILES string of the molecule is CC(C)[C@H](NC(=O)CCCCCN1C(=O)C=CC1=O)C(=O)N[C@@H](CCCNC(N)=O)C(=O)N[C@@H](CCCCNC(=O)[C@@H](N)CCN(C(=O)CO)[C@@H](c1nn(-c2cc(F)ccc2F)cc1Cc1ccccc1)C(C)(C)C)C(=O)O. The molecule has 9 amide bonds. The number of carbonyl (C=O) groups is 9. The second-order valence-electron chi connectivity index (χ2n) is 20.6. The third kappa shape index (κ3) is 19.4. The molecule has 0 aliphatic carbocycles. The minimum absolute atomic E-state index is 0.0366. The molecule has 22 nitrogen and oxygen atoms in total. The summed E-state index contributed by atoms with van der Waals surface area (Å²) >= 11 is 0. The molecule has 3 aromatic rings. The van der Waals surface area contributed by atoms with E-state index < -0.39 is 113 Å². The van der Waals surface area contributed by atoms with Crippen molar-refractivity contribution in [3.05, 3.63) is 95.3 Å². The lowest BCUT2D eigenvalue weighted by Gasteiger charge is -2.40. The monoisotopic (exact) mass is 1090 g/mol. The summed E-state index contributed by atoms with van der Waals surface area (Å²) in [6.07, 6.45) is 6.11. The van der Waals surface area contributed by atoms with Crippen LogP contribution in [-0.2, 0) is 44.8 Å². The van der Waals surface area contributed by atoms with Gasteiger partial charge in [0.2, 0.25) is 29.5 Å². The molecule has 11 N–H and O–H groups in total. The Labute approximate surface area is 452 Å². The number of amides is 9. The Balaban J connectivity index is 1.35. The van der Waals surface area contributed by atoms with E-state index in [1.807, 2.05) is 51.1 Å². The quantitative estimate of drug-likeness (QED) is 0.0321. The first-order chi connectivity index (χ1) is 36.9. The number of carboxylic acid groups (broad SMARTS) is 1. The molecule has 0 saturated heterocycles. The molecule has 1 aliphatic rings. The maximum absolute atomic E-state index is 15.1. The molecule has 2 aromatic carbocycles. The molecule has 1 aromatic heterocycles. The number of halogens is 2. The maximum atomic E-state index is 15.1. The molecule has 0 saturated carbocycles. The summed E-state index contributed by atoms with van der Waals surface area (Å²) in [4.78, 5) is 117. The third-order valence-corrected chi connectivity index (χ3v) is 13.0. The van der Waals surface area contributed by atoms with Gasteiger partial charge in [0.25, 0.3) is 11.8 Å². The van der Waals surface area contributed by atoms with Gasteiger partial charge in [-0.15, -0.1) is 0 Å². The predicted molar refractivity (Wildman–Crippen MR) is 283 cm³/mol. The van der Waals surface area contributed by atoms with Crippen LogP contribution < -0.4 is 38.1 Å². The van der Waals surface area contributed by atoms with E-state index in [0.717, 1.165) is 28.7 Å². The first-order valence-corrected chi connectivity index (χ1v) is 26.1. The number of carbonyl (C=O) groups excluding carboxylic acids is 8. The summed E-state index contributed by atoms with van der Waals surface area (Å²) in [6, 6.07) is 5.68. The van der Waals surface area contributed by atoms with Crippen LogP contribution in [0.3, 0.4) is 0 Å². The Hall–Kier alpha value is -7.60.